The fourth-order valence-electron chi connectivity index (χ4n) is 1.69. The van der Waals surface area contributed by atoms with Gasteiger partial charge in [-0.3, -0.25) is 0 Å². The highest BCUT2D eigenvalue weighted by Crippen LogP contribution is 2.24. The molecule has 0 bridgehead atoms. The van der Waals surface area contributed by atoms with E-state index in [9.17, 15) is 0 Å². The highest BCUT2D eigenvalue weighted by atomic mass is 16.4. The van der Waals surface area contributed by atoms with E-state index in [0.717, 1.165) is 18.6 Å². The molecule has 1 N–H and O–H groups in total. The summed E-state index contributed by atoms with van der Waals surface area (Å²) in [4.78, 5) is 0. The molecule has 0 aromatic heterocycles. The van der Waals surface area contributed by atoms with Crippen LogP contribution in [-0.4, -0.2) is 10.9 Å². The molecule has 0 aromatic carbocycles. The Morgan fingerprint density at radius 3 is 2.45 bits per heavy atom. The van der Waals surface area contributed by atoms with Crippen LogP contribution in [0.1, 0.15) is 32.1 Å². The number of allylic oxidation sites excluding steroid dienone is 1. The SMILES string of the molecule is C=CC(=NO)C1CCCCC1. The van der Waals surface area contributed by atoms with Gasteiger partial charge in [0.25, 0.3) is 0 Å². The summed E-state index contributed by atoms with van der Waals surface area (Å²) in [5.74, 6) is 0.464. The largest absolute Gasteiger partial charge is 0.411 e. The zero-order chi connectivity index (χ0) is 8.10. The van der Waals surface area contributed by atoms with Crippen molar-refractivity contribution in [2.45, 2.75) is 32.1 Å². The zero-order valence-electron chi connectivity index (χ0n) is 6.79. The van der Waals surface area contributed by atoms with Crippen molar-refractivity contribution in [3.8, 4) is 0 Å². The summed E-state index contributed by atoms with van der Waals surface area (Å²) in [6, 6.07) is 0. The van der Waals surface area contributed by atoms with Gasteiger partial charge in [0.2, 0.25) is 0 Å². The van der Waals surface area contributed by atoms with Gasteiger partial charge in [-0.1, -0.05) is 31.0 Å². The topological polar surface area (TPSA) is 32.6 Å². The normalized spacial score (nSPS) is 21.6. The van der Waals surface area contributed by atoms with E-state index in [1.165, 1.54) is 19.3 Å². The van der Waals surface area contributed by atoms with Crippen LogP contribution in [0.3, 0.4) is 0 Å². The fourth-order valence-corrected chi connectivity index (χ4v) is 1.69. The van der Waals surface area contributed by atoms with Gasteiger partial charge in [0.1, 0.15) is 0 Å². The van der Waals surface area contributed by atoms with E-state index < -0.39 is 0 Å². The Kier molecular flexibility index (Phi) is 3.14. The summed E-state index contributed by atoms with van der Waals surface area (Å²) in [6.07, 6.45) is 7.83. The molecule has 62 valence electrons. The Balaban J connectivity index is 2.49. The number of nitrogens with zero attached hydrogens (tertiary/aromatic N) is 1. The Hall–Kier alpha value is -0.790. The molecular formula is C9H15NO. The van der Waals surface area contributed by atoms with Gasteiger partial charge in [-0.2, -0.15) is 0 Å². The molecule has 0 aromatic rings. The number of rotatable bonds is 2. The van der Waals surface area contributed by atoms with Gasteiger partial charge in [-0.25, -0.2) is 0 Å². The smallest absolute Gasteiger partial charge is 0.0820 e. The lowest BCUT2D eigenvalue weighted by Crippen LogP contribution is -2.15. The van der Waals surface area contributed by atoms with Crippen molar-refractivity contribution in [1.29, 1.82) is 0 Å². The van der Waals surface area contributed by atoms with Crippen LogP contribution < -0.4 is 0 Å². The molecule has 1 aliphatic rings. The molecule has 2 nitrogen and oxygen atoms in total. The van der Waals surface area contributed by atoms with Crippen molar-refractivity contribution in [3.63, 3.8) is 0 Å². The molecule has 0 amide bonds. The second kappa shape index (κ2) is 4.16. The number of hydrogen-bond donors (Lipinski definition) is 1. The first-order valence-corrected chi connectivity index (χ1v) is 4.23. The number of oxime groups is 1. The van der Waals surface area contributed by atoms with Gasteiger partial charge in [-0.05, 0) is 18.9 Å². The lowest BCUT2D eigenvalue weighted by molar-refractivity contribution is 0.311. The molecule has 0 saturated heterocycles. The first-order valence-electron chi connectivity index (χ1n) is 4.23. The van der Waals surface area contributed by atoms with Crippen LogP contribution >= 0.6 is 0 Å². The van der Waals surface area contributed by atoms with E-state index in [-0.39, 0.29) is 0 Å². The minimum Gasteiger partial charge on any atom is -0.411 e. The van der Waals surface area contributed by atoms with Crippen LogP contribution in [0.5, 0.6) is 0 Å². The Labute approximate surface area is 67.6 Å². The highest BCUT2D eigenvalue weighted by Gasteiger charge is 2.17. The van der Waals surface area contributed by atoms with Crippen molar-refractivity contribution < 1.29 is 5.21 Å². The van der Waals surface area contributed by atoms with Crippen LogP contribution in [-0.2, 0) is 0 Å². The quantitative estimate of drug-likeness (QED) is 0.369. The molecule has 0 radical (unpaired) electrons. The maximum atomic E-state index is 8.59. The standard InChI is InChI=1S/C9H15NO/c1-2-9(10-11)8-6-4-3-5-7-8/h2,8,11H,1,3-7H2. The summed E-state index contributed by atoms with van der Waals surface area (Å²) >= 11 is 0. The first kappa shape index (κ1) is 8.31. The molecule has 0 aliphatic heterocycles. The second-order valence-electron chi connectivity index (χ2n) is 3.06. The molecule has 1 rings (SSSR count). The summed E-state index contributed by atoms with van der Waals surface area (Å²) in [5, 5.41) is 11.8. The molecule has 1 fully saturated rings. The van der Waals surface area contributed by atoms with Crippen molar-refractivity contribution >= 4 is 5.71 Å². The summed E-state index contributed by atoms with van der Waals surface area (Å²) in [5.41, 5.74) is 0.768. The Morgan fingerprint density at radius 2 is 2.00 bits per heavy atom. The average Bonchev–Trinajstić information content (AvgIpc) is 2.09. The van der Waals surface area contributed by atoms with Crippen molar-refractivity contribution in [2.75, 3.05) is 0 Å². The van der Waals surface area contributed by atoms with Crippen molar-refractivity contribution in [1.82, 2.24) is 0 Å². The molecule has 2 heteroatoms. The molecule has 0 spiro atoms. The lowest BCUT2D eigenvalue weighted by atomic mass is 9.86. The van der Waals surface area contributed by atoms with E-state index in [0.29, 0.717) is 5.92 Å². The Bertz CT molecular complexity index is 157. The summed E-state index contributed by atoms with van der Waals surface area (Å²) in [7, 11) is 0. The van der Waals surface area contributed by atoms with E-state index in [1.807, 2.05) is 0 Å². The van der Waals surface area contributed by atoms with E-state index in [4.69, 9.17) is 5.21 Å². The maximum Gasteiger partial charge on any atom is 0.0820 e. The highest BCUT2D eigenvalue weighted by molar-refractivity contribution is 5.95. The molecular weight excluding hydrogens is 138 g/mol. The molecule has 11 heavy (non-hydrogen) atoms. The van der Waals surface area contributed by atoms with Crippen LogP contribution in [0.4, 0.5) is 0 Å². The predicted octanol–water partition coefficient (Wildman–Crippen LogP) is 2.58. The van der Waals surface area contributed by atoms with E-state index in [1.54, 1.807) is 6.08 Å². The first-order chi connectivity index (χ1) is 5.38. The van der Waals surface area contributed by atoms with Gasteiger partial charge in [0.05, 0.1) is 5.71 Å². The van der Waals surface area contributed by atoms with Gasteiger partial charge in [0, 0.05) is 5.92 Å². The third-order valence-electron chi connectivity index (χ3n) is 2.35. The molecule has 1 saturated carbocycles. The maximum absolute atomic E-state index is 8.59. The van der Waals surface area contributed by atoms with E-state index in [2.05, 4.69) is 11.7 Å². The molecule has 0 atom stereocenters. The molecule has 0 unspecified atom stereocenters. The molecule has 0 heterocycles. The Morgan fingerprint density at radius 1 is 1.36 bits per heavy atom. The van der Waals surface area contributed by atoms with Gasteiger partial charge in [-0.15, -0.1) is 0 Å². The fraction of sp³-hybridized carbons (Fsp3) is 0.667. The van der Waals surface area contributed by atoms with Crippen molar-refractivity contribution in [3.05, 3.63) is 12.7 Å². The second-order valence-corrected chi connectivity index (χ2v) is 3.06. The number of hydrogen-bond acceptors (Lipinski definition) is 2. The van der Waals surface area contributed by atoms with Crippen LogP contribution in [0.2, 0.25) is 0 Å². The third-order valence-corrected chi connectivity index (χ3v) is 2.35. The van der Waals surface area contributed by atoms with Crippen molar-refractivity contribution in [2.24, 2.45) is 11.1 Å². The summed E-state index contributed by atoms with van der Waals surface area (Å²) < 4.78 is 0. The van der Waals surface area contributed by atoms with Crippen LogP contribution in [0, 0.1) is 5.92 Å². The minimum atomic E-state index is 0.464. The van der Waals surface area contributed by atoms with Gasteiger partial charge < -0.3 is 5.21 Å². The summed E-state index contributed by atoms with van der Waals surface area (Å²) in [6.45, 7) is 3.62. The van der Waals surface area contributed by atoms with E-state index >= 15 is 0 Å². The van der Waals surface area contributed by atoms with Crippen LogP contribution in [0.25, 0.3) is 0 Å². The average molecular weight is 153 g/mol. The van der Waals surface area contributed by atoms with Gasteiger partial charge in [0.15, 0.2) is 0 Å². The predicted molar refractivity (Wildman–Crippen MR) is 46.0 cm³/mol. The zero-order valence-corrected chi connectivity index (χ0v) is 6.79. The molecule has 1 aliphatic carbocycles. The van der Waals surface area contributed by atoms with Crippen LogP contribution in [0.15, 0.2) is 17.8 Å². The minimum absolute atomic E-state index is 0.464. The lowest BCUT2D eigenvalue weighted by Gasteiger charge is -2.20. The monoisotopic (exact) mass is 153 g/mol. The van der Waals surface area contributed by atoms with Gasteiger partial charge >= 0.3 is 0 Å². The third kappa shape index (κ3) is 2.07.